The van der Waals surface area contributed by atoms with Gasteiger partial charge in [0.15, 0.2) is 0 Å². The number of rotatable bonds is 4. The summed E-state index contributed by atoms with van der Waals surface area (Å²) in [5.41, 5.74) is 2.00. The molecule has 6 heteroatoms. The van der Waals surface area contributed by atoms with Gasteiger partial charge in [-0.1, -0.05) is 25.0 Å². The fraction of sp³-hybridized carbons (Fsp3) is 0.250. The molecule has 0 unspecified atom stereocenters. The molecule has 26 heavy (non-hydrogen) atoms. The third-order valence-corrected chi connectivity index (χ3v) is 4.32. The van der Waals surface area contributed by atoms with Gasteiger partial charge in [0.1, 0.15) is 0 Å². The molecule has 2 aromatic carbocycles. The Kier molecular flexibility index (Phi) is 5.49. The maximum atomic E-state index is 12.4. The minimum Gasteiger partial charge on any atom is -0.335 e. The Morgan fingerprint density at radius 3 is 2.38 bits per heavy atom. The molecule has 0 aliphatic heterocycles. The predicted octanol–water partition coefficient (Wildman–Crippen LogP) is 3.87. The number of nitriles is 1. The molecule has 1 saturated carbocycles. The third-order valence-electron chi connectivity index (χ3n) is 4.32. The van der Waals surface area contributed by atoms with Crippen LogP contribution in [0.3, 0.4) is 0 Å². The molecule has 0 bridgehead atoms. The summed E-state index contributed by atoms with van der Waals surface area (Å²) in [4.78, 5) is 24.5. The number of carbonyl (C=O) groups is 2. The smallest absolute Gasteiger partial charge is 0.319 e. The quantitative estimate of drug-likeness (QED) is 0.783. The number of carbonyl (C=O) groups excluding carboxylic acids is 2. The van der Waals surface area contributed by atoms with E-state index in [2.05, 4.69) is 16.0 Å². The number of amides is 3. The van der Waals surface area contributed by atoms with Gasteiger partial charge in [-0.15, -0.1) is 0 Å². The van der Waals surface area contributed by atoms with Crippen LogP contribution in [0.4, 0.5) is 16.2 Å². The van der Waals surface area contributed by atoms with Gasteiger partial charge in [-0.2, -0.15) is 5.26 Å². The molecule has 1 fully saturated rings. The summed E-state index contributed by atoms with van der Waals surface area (Å²) >= 11 is 0. The second kappa shape index (κ2) is 8.17. The van der Waals surface area contributed by atoms with Gasteiger partial charge in [-0.25, -0.2) is 4.79 Å². The summed E-state index contributed by atoms with van der Waals surface area (Å²) in [7, 11) is 0. The highest BCUT2D eigenvalue weighted by Gasteiger charge is 2.17. The molecule has 0 heterocycles. The molecule has 0 saturated heterocycles. The topological polar surface area (TPSA) is 94.0 Å². The average Bonchev–Trinajstić information content (AvgIpc) is 3.15. The third kappa shape index (κ3) is 4.61. The average molecular weight is 348 g/mol. The SMILES string of the molecule is N#Cc1cccc(NC(=O)c2cccc(NC(=O)NC3CCCC3)c2)c1. The van der Waals surface area contributed by atoms with E-state index in [0.717, 1.165) is 25.7 Å². The van der Waals surface area contributed by atoms with Crippen LogP contribution in [0.5, 0.6) is 0 Å². The molecule has 0 spiro atoms. The Hall–Kier alpha value is -3.33. The first-order valence-corrected chi connectivity index (χ1v) is 8.63. The maximum Gasteiger partial charge on any atom is 0.319 e. The largest absolute Gasteiger partial charge is 0.335 e. The lowest BCUT2D eigenvalue weighted by Gasteiger charge is -2.13. The Bertz CT molecular complexity index is 851. The molecule has 0 aromatic heterocycles. The van der Waals surface area contributed by atoms with Crippen molar-refractivity contribution in [2.45, 2.75) is 31.7 Å². The second-order valence-electron chi connectivity index (χ2n) is 6.31. The lowest BCUT2D eigenvalue weighted by molar-refractivity contribution is 0.102. The fourth-order valence-corrected chi connectivity index (χ4v) is 3.03. The number of hydrogen-bond acceptors (Lipinski definition) is 3. The summed E-state index contributed by atoms with van der Waals surface area (Å²) in [6.07, 6.45) is 4.32. The monoisotopic (exact) mass is 348 g/mol. The van der Waals surface area contributed by atoms with Crippen molar-refractivity contribution in [2.75, 3.05) is 10.6 Å². The summed E-state index contributed by atoms with van der Waals surface area (Å²) in [5.74, 6) is -0.306. The van der Waals surface area contributed by atoms with E-state index in [-0.39, 0.29) is 18.0 Å². The van der Waals surface area contributed by atoms with Crippen molar-refractivity contribution < 1.29 is 9.59 Å². The Morgan fingerprint density at radius 1 is 0.962 bits per heavy atom. The van der Waals surface area contributed by atoms with Gasteiger partial charge in [-0.3, -0.25) is 4.79 Å². The molecule has 3 amide bonds. The van der Waals surface area contributed by atoms with Crippen LogP contribution >= 0.6 is 0 Å². The van der Waals surface area contributed by atoms with Crippen molar-refractivity contribution in [1.29, 1.82) is 5.26 Å². The molecule has 2 aromatic rings. The standard InChI is InChI=1S/C20H20N4O2/c21-13-14-5-3-9-17(11-14)22-19(25)15-6-4-10-18(12-15)24-20(26)23-16-7-1-2-8-16/h3-6,9-12,16H,1-2,7-8H2,(H,22,25)(H2,23,24,26). The Morgan fingerprint density at radius 2 is 1.65 bits per heavy atom. The van der Waals surface area contributed by atoms with Crippen LogP contribution in [0.15, 0.2) is 48.5 Å². The maximum absolute atomic E-state index is 12.4. The minimum atomic E-state index is -0.306. The number of nitrogens with zero attached hydrogens (tertiary/aromatic N) is 1. The molecule has 1 aliphatic rings. The Balaban J connectivity index is 1.63. The van der Waals surface area contributed by atoms with E-state index in [4.69, 9.17) is 5.26 Å². The van der Waals surface area contributed by atoms with E-state index in [1.807, 2.05) is 6.07 Å². The molecule has 0 radical (unpaired) electrons. The van der Waals surface area contributed by atoms with E-state index in [9.17, 15) is 9.59 Å². The summed E-state index contributed by atoms with van der Waals surface area (Å²) in [6.45, 7) is 0. The number of anilines is 2. The van der Waals surface area contributed by atoms with Gasteiger partial charge in [0.25, 0.3) is 5.91 Å². The van der Waals surface area contributed by atoms with Crippen LogP contribution in [0.2, 0.25) is 0 Å². The predicted molar refractivity (Wildman–Crippen MR) is 100.0 cm³/mol. The van der Waals surface area contributed by atoms with E-state index in [1.165, 1.54) is 0 Å². The van der Waals surface area contributed by atoms with E-state index >= 15 is 0 Å². The first-order chi connectivity index (χ1) is 12.6. The number of hydrogen-bond donors (Lipinski definition) is 3. The van der Waals surface area contributed by atoms with Crippen molar-refractivity contribution in [3.05, 3.63) is 59.7 Å². The molecule has 3 N–H and O–H groups in total. The summed E-state index contributed by atoms with van der Waals surface area (Å²) < 4.78 is 0. The van der Waals surface area contributed by atoms with Gasteiger partial charge in [-0.05, 0) is 49.2 Å². The lowest BCUT2D eigenvalue weighted by atomic mass is 10.1. The van der Waals surface area contributed by atoms with Crippen molar-refractivity contribution >= 4 is 23.3 Å². The molecular formula is C20H20N4O2. The van der Waals surface area contributed by atoms with Crippen molar-refractivity contribution in [3.63, 3.8) is 0 Å². The van der Waals surface area contributed by atoms with Gasteiger partial charge < -0.3 is 16.0 Å². The van der Waals surface area contributed by atoms with Crippen LogP contribution in [0, 0.1) is 11.3 Å². The second-order valence-corrected chi connectivity index (χ2v) is 6.31. The lowest BCUT2D eigenvalue weighted by Crippen LogP contribution is -2.36. The molecule has 6 nitrogen and oxygen atoms in total. The summed E-state index contributed by atoms with van der Waals surface area (Å²) in [5, 5.41) is 17.4. The number of nitrogens with one attached hydrogen (secondary N) is 3. The van der Waals surface area contributed by atoms with Gasteiger partial charge in [0.2, 0.25) is 0 Å². The van der Waals surface area contributed by atoms with Crippen LogP contribution < -0.4 is 16.0 Å². The van der Waals surface area contributed by atoms with E-state index in [0.29, 0.717) is 22.5 Å². The van der Waals surface area contributed by atoms with Crippen molar-refractivity contribution in [3.8, 4) is 6.07 Å². The number of urea groups is 1. The van der Waals surface area contributed by atoms with Crippen molar-refractivity contribution in [2.24, 2.45) is 0 Å². The minimum absolute atomic E-state index is 0.230. The Labute approximate surface area is 152 Å². The number of benzene rings is 2. The van der Waals surface area contributed by atoms with Crippen LogP contribution in [-0.4, -0.2) is 18.0 Å². The van der Waals surface area contributed by atoms with Gasteiger partial charge >= 0.3 is 6.03 Å². The van der Waals surface area contributed by atoms with E-state index < -0.39 is 0 Å². The fourth-order valence-electron chi connectivity index (χ4n) is 3.03. The first kappa shape index (κ1) is 17.5. The summed E-state index contributed by atoms with van der Waals surface area (Å²) in [6, 6.07) is 15.5. The zero-order chi connectivity index (χ0) is 18.4. The highest BCUT2D eigenvalue weighted by Crippen LogP contribution is 2.18. The molecular weight excluding hydrogens is 328 g/mol. The van der Waals surface area contributed by atoms with Crippen LogP contribution in [0.1, 0.15) is 41.6 Å². The molecule has 0 atom stereocenters. The highest BCUT2D eigenvalue weighted by atomic mass is 16.2. The zero-order valence-corrected chi connectivity index (χ0v) is 14.3. The molecule has 3 rings (SSSR count). The van der Waals surface area contributed by atoms with Crippen LogP contribution in [-0.2, 0) is 0 Å². The van der Waals surface area contributed by atoms with Crippen LogP contribution in [0.25, 0.3) is 0 Å². The van der Waals surface area contributed by atoms with Gasteiger partial charge in [0.05, 0.1) is 11.6 Å². The van der Waals surface area contributed by atoms with Gasteiger partial charge in [0, 0.05) is 23.0 Å². The van der Waals surface area contributed by atoms with Crippen molar-refractivity contribution in [1.82, 2.24) is 5.32 Å². The zero-order valence-electron chi connectivity index (χ0n) is 14.3. The normalized spacial score (nSPS) is 13.7. The molecule has 132 valence electrons. The molecule has 1 aliphatic carbocycles. The highest BCUT2D eigenvalue weighted by molar-refractivity contribution is 6.05. The first-order valence-electron chi connectivity index (χ1n) is 8.63. The van der Waals surface area contributed by atoms with E-state index in [1.54, 1.807) is 48.5 Å².